The Morgan fingerprint density at radius 2 is 2.03 bits per heavy atom. The molecule has 0 aliphatic carbocycles. The van der Waals surface area contributed by atoms with E-state index in [9.17, 15) is 9.59 Å². The number of thiocarbonyl (C=S) groups is 1. The zero-order valence-electron chi connectivity index (χ0n) is 15.7. The molecule has 0 spiro atoms. The van der Waals surface area contributed by atoms with Crippen molar-refractivity contribution in [2.24, 2.45) is 0 Å². The van der Waals surface area contributed by atoms with Crippen molar-refractivity contribution in [2.45, 2.75) is 19.8 Å². The molecule has 1 saturated heterocycles. The smallest absolute Gasteiger partial charge is 0.285 e. The molecular formula is C21H19BrN2O3S2. The summed E-state index contributed by atoms with van der Waals surface area (Å²) in [7, 11) is 0. The van der Waals surface area contributed by atoms with E-state index in [1.54, 1.807) is 30.3 Å². The van der Waals surface area contributed by atoms with Gasteiger partial charge in [-0.25, -0.2) is 0 Å². The van der Waals surface area contributed by atoms with Gasteiger partial charge in [0.25, 0.3) is 11.8 Å². The summed E-state index contributed by atoms with van der Waals surface area (Å²) in [4.78, 5) is 25.6. The molecule has 1 N–H and O–H groups in total. The normalized spacial score (nSPS) is 15.1. The third-order valence-corrected chi connectivity index (χ3v) is 5.85. The van der Waals surface area contributed by atoms with Crippen LogP contribution in [0.2, 0.25) is 0 Å². The number of ether oxygens (including phenoxy) is 1. The number of halogens is 1. The van der Waals surface area contributed by atoms with Crippen LogP contribution in [-0.4, -0.2) is 27.8 Å². The Kier molecular flexibility index (Phi) is 7.46. The number of carbonyl (C=O) groups is 2. The number of benzene rings is 2. The van der Waals surface area contributed by atoms with Crippen LogP contribution in [0.3, 0.4) is 0 Å². The van der Waals surface area contributed by atoms with Crippen LogP contribution in [0, 0.1) is 0 Å². The summed E-state index contributed by atoms with van der Waals surface area (Å²) in [6.07, 6.45) is 3.72. The number of thioether (sulfide) groups is 1. The minimum absolute atomic E-state index is 0.272. The molecule has 29 heavy (non-hydrogen) atoms. The first kappa shape index (κ1) is 21.5. The molecule has 0 unspecified atom stereocenters. The standard InChI is InChI=1S/C21H19BrN2O3S2/c1-2-3-11-27-17-10-9-16(22)12-15(17)13-18-20(26)24(21(28)29-18)23-19(25)14-7-5-4-6-8-14/h4-10,12-13H,2-3,11H2,1H3,(H,23,25)/b18-13+. The first-order valence-corrected chi connectivity index (χ1v) is 11.1. The Morgan fingerprint density at radius 1 is 1.28 bits per heavy atom. The minimum Gasteiger partial charge on any atom is -0.493 e. The molecule has 2 aromatic rings. The summed E-state index contributed by atoms with van der Waals surface area (Å²) >= 11 is 9.89. The van der Waals surface area contributed by atoms with Crippen LogP contribution in [-0.2, 0) is 4.79 Å². The Balaban J connectivity index is 1.79. The van der Waals surface area contributed by atoms with Crippen LogP contribution >= 0.6 is 39.9 Å². The molecule has 2 aromatic carbocycles. The van der Waals surface area contributed by atoms with Gasteiger partial charge in [0.05, 0.1) is 11.5 Å². The first-order valence-electron chi connectivity index (χ1n) is 9.06. The second-order valence-corrected chi connectivity index (χ2v) is 8.80. The second-order valence-electron chi connectivity index (χ2n) is 6.21. The van der Waals surface area contributed by atoms with E-state index in [4.69, 9.17) is 17.0 Å². The van der Waals surface area contributed by atoms with Crippen molar-refractivity contribution in [1.29, 1.82) is 0 Å². The van der Waals surface area contributed by atoms with Gasteiger partial charge in [-0.2, -0.15) is 5.01 Å². The van der Waals surface area contributed by atoms with E-state index >= 15 is 0 Å². The number of nitrogens with zero attached hydrogens (tertiary/aromatic N) is 1. The summed E-state index contributed by atoms with van der Waals surface area (Å²) in [6.45, 7) is 2.70. The van der Waals surface area contributed by atoms with Gasteiger partial charge < -0.3 is 4.74 Å². The van der Waals surface area contributed by atoms with Crippen molar-refractivity contribution in [3.8, 4) is 5.75 Å². The lowest BCUT2D eigenvalue weighted by molar-refractivity contribution is -0.123. The third-order valence-electron chi connectivity index (χ3n) is 4.06. The van der Waals surface area contributed by atoms with Crippen LogP contribution in [0.15, 0.2) is 57.9 Å². The molecule has 2 amide bonds. The van der Waals surface area contributed by atoms with E-state index in [2.05, 4.69) is 28.3 Å². The second kappa shape index (κ2) is 10.0. The lowest BCUT2D eigenvalue weighted by Crippen LogP contribution is -2.44. The molecule has 5 nitrogen and oxygen atoms in total. The molecule has 150 valence electrons. The van der Waals surface area contributed by atoms with Gasteiger partial charge in [0, 0.05) is 15.6 Å². The van der Waals surface area contributed by atoms with Gasteiger partial charge in [-0.1, -0.05) is 59.2 Å². The van der Waals surface area contributed by atoms with E-state index in [1.165, 1.54) is 0 Å². The van der Waals surface area contributed by atoms with Crippen LogP contribution < -0.4 is 10.2 Å². The minimum atomic E-state index is -0.394. The van der Waals surface area contributed by atoms with Gasteiger partial charge >= 0.3 is 0 Å². The van der Waals surface area contributed by atoms with Gasteiger partial charge in [0.2, 0.25) is 0 Å². The summed E-state index contributed by atoms with van der Waals surface area (Å²) in [5.74, 6) is -0.0711. The number of hydrogen-bond acceptors (Lipinski definition) is 5. The highest BCUT2D eigenvalue weighted by Crippen LogP contribution is 2.34. The fourth-order valence-corrected chi connectivity index (χ4v) is 4.10. The van der Waals surface area contributed by atoms with Crippen LogP contribution in [0.1, 0.15) is 35.7 Å². The van der Waals surface area contributed by atoms with Gasteiger partial charge in [0.1, 0.15) is 5.75 Å². The Labute approximate surface area is 187 Å². The van der Waals surface area contributed by atoms with E-state index in [0.29, 0.717) is 22.8 Å². The monoisotopic (exact) mass is 490 g/mol. The summed E-state index contributed by atoms with van der Waals surface area (Å²) < 4.78 is 7.00. The topological polar surface area (TPSA) is 58.6 Å². The number of unbranched alkanes of at least 4 members (excludes halogenated alkanes) is 1. The Bertz CT molecular complexity index is 964. The van der Waals surface area contributed by atoms with Gasteiger partial charge in [-0.15, -0.1) is 0 Å². The third kappa shape index (κ3) is 5.46. The molecule has 0 atom stereocenters. The SMILES string of the molecule is CCCCOc1ccc(Br)cc1/C=C1/SC(=S)N(NC(=O)c2ccccc2)C1=O. The van der Waals surface area contributed by atoms with Gasteiger partial charge in [-0.05, 0) is 55.0 Å². The number of nitrogens with one attached hydrogen (secondary N) is 1. The highest BCUT2D eigenvalue weighted by molar-refractivity contribution is 9.10. The van der Waals surface area contributed by atoms with Gasteiger partial charge in [0.15, 0.2) is 4.32 Å². The largest absolute Gasteiger partial charge is 0.493 e. The zero-order valence-corrected chi connectivity index (χ0v) is 18.9. The fourth-order valence-electron chi connectivity index (χ4n) is 2.55. The average molecular weight is 491 g/mol. The summed E-state index contributed by atoms with van der Waals surface area (Å²) in [6, 6.07) is 14.3. The predicted molar refractivity (Wildman–Crippen MR) is 123 cm³/mol. The molecule has 0 saturated carbocycles. The number of carbonyl (C=O) groups excluding carboxylic acids is 2. The van der Waals surface area contributed by atoms with Crippen LogP contribution in [0.25, 0.3) is 6.08 Å². The molecule has 1 fully saturated rings. The highest BCUT2D eigenvalue weighted by atomic mass is 79.9. The molecule has 1 aliphatic heterocycles. The molecule has 0 aromatic heterocycles. The van der Waals surface area contributed by atoms with E-state index in [-0.39, 0.29) is 10.2 Å². The quantitative estimate of drug-likeness (QED) is 0.329. The lowest BCUT2D eigenvalue weighted by Gasteiger charge is -2.15. The number of amides is 2. The van der Waals surface area contributed by atoms with Crippen LogP contribution in [0.4, 0.5) is 0 Å². The molecule has 0 radical (unpaired) electrons. The van der Waals surface area contributed by atoms with Gasteiger partial charge in [-0.3, -0.25) is 15.0 Å². The molecular weight excluding hydrogens is 472 g/mol. The Hall–Kier alpha value is -2.16. The van der Waals surface area contributed by atoms with E-state index < -0.39 is 5.91 Å². The molecule has 1 heterocycles. The van der Waals surface area contributed by atoms with Crippen molar-refractivity contribution in [2.75, 3.05) is 6.61 Å². The number of hydrazine groups is 1. The predicted octanol–water partition coefficient (Wildman–Crippen LogP) is 5.17. The number of hydrogen-bond donors (Lipinski definition) is 1. The molecule has 3 rings (SSSR count). The van der Waals surface area contributed by atoms with Crippen molar-refractivity contribution >= 4 is 62.1 Å². The zero-order chi connectivity index (χ0) is 20.8. The fraction of sp³-hybridized carbons (Fsp3) is 0.190. The van der Waals surface area contributed by atoms with Crippen LogP contribution in [0.5, 0.6) is 5.75 Å². The number of rotatable bonds is 7. The molecule has 1 aliphatic rings. The highest BCUT2D eigenvalue weighted by Gasteiger charge is 2.34. The summed E-state index contributed by atoms with van der Waals surface area (Å²) in [5.41, 5.74) is 3.80. The van der Waals surface area contributed by atoms with E-state index in [1.807, 2.05) is 24.3 Å². The maximum Gasteiger partial charge on any atom is 0.285 e. The maximum atomic E-state index is 12.8. The lowest BCUT2D eigenvalue weighted by atomic mass is 10.2. The maximum absolute atomic E-state index is 12.8. The molecule has 8 heteroatoms. The average Bonchev–Trinajstić information content (AvgIpc) is 2.97. The summed E-state index contributed by atoms with van der Waals surface area (Å²) in [5, 5.41) is 1.11. The van der Waals surface area contributed by atoms with Crippen molar-refractivity contribution in [3.63, 3.8) is 0 Å². The van der Waals surface area contributed by atoms with E-state index in [0.717, 1.165) is 39.6 Å². The molecule has 0 bridgehead atoms. The van der Waals surface area contributed by atoms with Crippen molar-refractivity contribution in [1.82, 2.24) is 10.4 Å². The Morgan fingerprint density at radius 3 is 2.76 bits per heavy atom. The van der Waals surface area contributed by atoms with Crippen molar-refractivity contribution < 1.29 is 14.3 Å². The van der Waals surface area contributed by atoms with Crippen molar-refractivity contribution in [3.05, 3.63) is 69.0 Å². The first-order chi connectivity index (χ1) is 14.0.